The van der Waals surface area contributed by atoms with Crippen LogP contribution in [0.1, 0.15) is 24.2 Å². The Morgan fingerprint density at radius 1 is 1.50 bits per heavy atom. The Hall–Kier alpha value is -1.42. The Morgan fingerprint density at radius 3 is 3.25 bits per heavy atom. The van der Waals surface area contributed by atoms with E-state index >= 15 is 0 Å². The molecule has 16 heavy (non-hydrogen) atoms. The van der Waals surface area contributed by atoms with Crippen LogP contribution in [0, 0.1) is 6.92 Å². The van der Waals surface area contributed by atoms with E-state index in [4.69, 9.17) is 0 Å². The van der Waals surface area contributed by atoms with Gasteiger partial charge in [0.2, 0.25) is 0 Å². The molecule has 1 N–H and O–H groups in total. The van der Waals surface area contributed by atoms with Crippen LogP contribution in [0.5, 0.6) is 0 Å². The fourth-order valence-corrected chi connectivity index (χ4v) is 2.27. The number of hydrogen-bond acceptors (Lipinski definition) is 3. The molecule has 2 aromatic rings. The van der Waals surface area contributed by atoms with Crippen molar-refractivity contribution in [2.75, 3.05) is 6.54 Å². The van der Waals surface area contributed by atoms with Crippen molar-refractivity contribution in [3.05, 3.63) is 29.7 Å². The van der Waals surface area contributed by atoms with E-state index < -0.39 is 0 Å². The molecule has 0 amide bonds. The minimum atomic E-state index is 0.568. The van der Waals surface area contributed by atoms with Gasteiger partial charge in [-0.3, -0.25) is 0 Å². The molecule has 0 aromatic carbocycles. The highest BCUT2D eigenvalue weighted by Crippen LogP contribution is 2.11. The standard InChI is InChI=1S/C12H16N4/c1-9-4-5-12-14-11(15-16(12)8-9)7-10-3-2-6-13-10/h4-5,8,10,13H,2-3,6-7H2,1H3. The third-order valence-corrected chi connectivity index (χ3v) is 3.11. The topological polar surface area (TPSA) is 42.2 Å². The molecule has 1 fully saturated rings. The fraction of sp³-hybridized carbons (Fsp3) is 0.500. The second-order valence-corrected chi connectivity index (χ2v) is 4.53. The molecule has 84 valence electrons. The molecule has 1 saturated heterocycles. The maximum absolute atomic E-state index is 4.53. The summed E-state index contributed by atoms with van der Waals surface area (Å²) in [4.78, 5) is 4.53. The maximum Gasteiger partial charge on any atom is 0.155 e. The van der Waals surface area contributed by atoms with Gasteiger partial charge in [-0.05, 0) is 37.9 Å². The van der Waals surface area contributed by atoms with Gasteiger partial charge in [-0.2, -0.15) is 5.10 Å². The van der Waals surface area contributed by atoms with E-state index in [0.29, 0.717) is 6.04 Å². The molecular formula is C12H16N4. The summed E-state index contributed by atoms with van der Waals surface area (Å²) >= 11 is 0. The van der Waals surface area contributed by atoms with Crippen molar-refractivity contribution in [3.8, 4) is 0 Å². The van der Waals surface area contributed by atoms with Crippen LogP contribution in [-0.2, 0) is 6.42 Å². The zero-order valence-electron chi connectivity index (χ0n) is 9.48. The highest BCUT2D eigenvalue weighted by molar-refractivity contribution is 5.38. The lowest BCUT2D eigenvalue weighted by molar-refractivity contribution is 0.585. The molecule has 0 bridgehead atoms. The van der Waals surface area contributed by atoms with Gasteiger partial charge >= 0.3 is 0 Å². The number of hydrogen-bond donors (Lipinski definition) is 1. The summed E-state index contributed by atoms with van der Waals surface area (Å²) in [5.74, 6) is 0.949. The lowest BCUT2D eigenvalue weighted by Crippen LogP contribution is -2.24. The number of aromatic nitrogens is 3. The first-order valence-electron chi connectivity index (χ1n) is 5.86. The summed E-state index contributed by atoms with van der Waals surface area (Å²) in [5.41, 5.74) is 2.15. The SMILES string of the molecule is Cc1ccc2nc(CC3CCCN3)nn2c1. The van der Waals surface area contributed by atoms with E-state index in [1.54, 1.807) is 0 Å². The molecule has 4 nitrogen and oxygen atoms in total. The van der Waals surface area contributed by atoms with Gasteiger partial charge in [0.15, 0.2) is 11.5 Å². The van der Waals surface area contributed by atoms with E-state index in [-0.39, 0.29) is 0 Å². The Balaban J connectivity index is 1.86. The second-order valence-electron chi connectivity index (χ2n) is 4.53. The van der Waals surface area contributed by atoms with Gasteiger partial charge in [0, 0.05) is 18.7 Å². The first kappa shape index (κ1) is 9.78. The largest absolute Gasteiger partial charge is 0.314 e. The number of nitrogens with zero attached hydrogens (tertiary/aromatic N) is 3. The smallest absolute Gasteiger partial charge is 0.155 e. The van der Waals surface area contributed by atoms with Crippen molar-refractivity contribution in [1.82, 2.24) is 19.9 Å². The molecule has 3 heterocycles. The molecule has 1 atom stereocenters. The minimum Gasteiger partial charge on any atom is -0.314 e. The molecule has 2 aromatic heterocycles. The number of nitrogens with one attached hydrogen (secondary N) is 1. The molecular weight excluding hydrogens is 200 g/mol. The zero-order valence-corrected chi connectivity index (χ0v) is 9.48. The van der Waals surface area contributed by atoms with Crippen molar-refractivity contribution in [2.45, 2.75) is 32.2 Å². The van der Waals surface area contributed by atoms with E-state index in [0.717, 1.165) is 24.4 Å². The van der Waals surface area contributed by atoms with Crippen molar-refractivity contribution in [1.29, 1.82) is 0 Å². The fourth-order valence-electron chi connectivity index (χ4n) is 2.27. The number of fused-ring (bicyclic) bond motifs is 1. The molecule has 1 unspecified atom stereocenters. The number of pyridine rings is 1. The highest BCUT2D eigenvalue weighted by Gasteiger charge is 2.16. The summed E-state index contributed by atoms with van der Waals surface area (Å²) in [5, 5.41) is 7.97. The molecule has 0 aliphatic carbocycles. The average molecular weight is 216 g/mol. The van der Waals surface area contributed by atoms with Gasteiger partial charge in [0.25, 0.3) is 0 Å². The quantitative estimate of drug-likeness (QED) is 0.823. The lowest BCUT2D eigenvalue weighted by Gasteiger charge is -2.05. The van der Waals surface area contributed by atoms with Gasteiger partial charge in [-0.15, -0.1) is 0 Å². The predicted molar refractivity (Wildman–Crippen MR) is 62.5 cm³/mol. The number of aryl methyl sites for hydroxylation is 1. The summed E-state index contributed by atoms with van der Waals surface area (Å²) < 4.78 is 1.87. The van der Waals surface area contributed by atoms with Crippen LogP contribution in [0.2, 0.25) is 0 Å². The monoisotopic (exact) mass is 216 g/mol. The number of rotatable bonds is 2. The third kappa shape index (κ3) is 1.80. The van der Waals surface area contributed by atoms with Crippen LogP contribution in [0.25, 0.3) is 5.65 Å². The normalized spacial score (nSPS) is 20.7. The maximum atomic E-state index is 4.53. The molecule has 1 aliphatic rings. The zero-order chi connectivity index (χ0) is 11.0. The molecule has 0 spiro atoms. The second kappa shape index (κ2) is 3.87. The van der Waals surface area contributed by atoms with Crippen molar-refractivity contribution >= 4 is 5.65 Å². The summed E-state index contributed by atoms with van der Waals surface area (Å²) in [6.07, 6.45) is 5.49. The Bertz CT molecular complexity index is 497. The van der Waals surface area contributed by atoms with Gasteiger partial charge in [0.05, 0.1) is 0 Å². The molecule has 1 aliphatic heterocycles. The van der Waals surface area contributed by atoms with Crippen molar-refractivity contribution in [3.63, 3.8) is 0 Å². The van der Waals surface area contributed by atoms with Crippen molar-refractivity contribution in [2.24, 2.45) is 0 Å². The first-order chi connectivity index (χ1) is 7.81. The van der Waals surface area contributed by atoms with Crippen molar-refractivity contribution < 1.29 is 0 Å². The van der Waals surface area contributed by atoms with E-state index in [1.807, 2.05) is 16.8 Å². The van der Waals surface area contributed by atoms with Crippen LogP contribution in [0.3, 0.4) is 0 Å². The van der Waals surface area contributed by atoms with E-state index in [2.05, 4.69) is 28.4 Å². The van der Waals surface area contributed by atoms with Crippen LogP contribution in [-0.4, -0.2) is 27.2 Å². The van der Waals surface area contributed by atoms with E-state index in [9.17, 15) is 0 Å². The van der Waals surface area contributed by atoms with Crippen LogP contribution < -0.4 is 5.32 Å². The van der Waals surface area contributed by atoms with Gasteiger partial charge < -0.3 is 5.32 Å². The van der Waals surface area contributed by atoms with Crippen LogP contribution in [0.4, 0.5) is 0 Å². The Kier molecular flexibility index (Phi) is 2.36. The minimum absolute atomic E-state index is 0.568. The summed E-state index contributed by atoms with van der Waals surface area (Å²) in [6, 6.07) is 4.66. The molecule has 4 heteroatoms. The average Bonchev–Trinajstić information content (AvgIpc) is 2.86. The van der Waals surface area contributed by atoms with Gasteiger partial charge in [0.1, 0.15) is 0 Å². The molecule has 0 radical (unpaired) electrons. The Morgan fingerprint density at radius 2 is 2.44 bits per heavy atom. The molecule has 0 saturated carbocycles. The van der Waals surface area contributed by atoms with E-state index in [1.165, 1.54) is 18.4 Å². The molecule has 3 rings (SSSR count). The summed E-state index contributed by atoms with van der Waals surface area (Å²) in [7, 11) is 0. The van der Waals surface area contributed by atoms with Crippen LogP contribution >= 0.6 is 0 Å². The highest BCUT2D eigenvalue weighted by atomic mass is 15.3. The van der Waals surface area contributed by atoms with Gasteiger partial charge in [-0.25, -0.2) is 9.50 Å². The van der Waals surface area contributed by atoms with Crippen LogP contribution in [0.15, 0.2) is 18.3 Å². The lowest BCUT2D eigenvalue weighted by atomic mass is 10.1. The summed E-state index contributed by atoms with van der Waals surface area (Å²) in [6.45, 7) is 3.20. The van der Waals surface area contributed by atoms with Gasteiger partial charge in [-0.1, -0.05) is 6.07 Å². The first-order valence-corrected chi connectivity index (χ1v) is 5.86. The third-order valence-electron chi connectivity index (χ3n) is 3.11. The Labute approximate surface area is 94.7 Å². The predicted octanol–water partition coefficient (Wildman–Crippen LogP) is 1.33.